The van der Waals surface area contributed by atoms with Crippen molar-refractivity contribution in [1.29, 1.82) is 0 Å². The molecule has 0 saturated heterocycles. The zero-order valence-corrected chi connectivity index (χ0v) is 26.5. The van der Waals surface area contributed by atoms with E-state index >= 15 is 0 Å². The van der Waals surface area contributed by atoms with Gasteiger partial charge in [0.25, 0.3) is 0 Å². The molecular formula is C31H39Cl3N2Si. The average molecular weight is 574 g/mol. The Balaban J connectivity index is 2.20. The predicted molar refractivity (Wildman–Crippen MR) is 166 cm³/mol. The van der Waals surface area contributed by atoms with Gasteiger partial charge in [0.05, 0.1) is 0 Å². The van der Waals surface area contributed by atoms with Crippen LogP contribution in [0.5, 0.6) is 0 Å². The van der Waals surface area contributed by atoms with Crippen LogP contribution in [0.4, 0.5) is 11.4 Å². The third-order valence-electron chi connectivity index (χ3n) is 7.29. The first kappa shape index (κ1) is 28.2. The number of halogens is 3. The second-order valence-electron chi connectivity index (χ2n) is 11.4. The van der Waals surface area contributed by atoms with E-state index in [9.17, 15) is 0 Å². The van der Waals surface area contributed by atoms with E-state index in [2.05, 4.69) is 125 Å². The molecule has 0 unspecified atom stereocenters. The van der Waals surface area contributed by atoms with E-state index in [1.165, 1.54) is 22.3 Å². The molecule has 0 bridgehead atoms. The fourth-order valence-corrected chi connectivity index (χ4v) is 10.8. The molecule has 0 radical (unpaired) electrons. The molecule has 1 aliphatic heterocycles. The summed E-state index contributed by atoms with van der Waals surface area (Å²) in [5, 5.41) is 0. The zero-order chi connectivity index (χ0) is 27.3. The Labute approximate surface area is 237 Å². The van der Waals surface area contributed by atoms with Gasteiger partial charge in [0.1, 0.15) is 0 Å². The SMILES string of the molecule is CC(C)c1cccc(C(C)C)c1N1C(c2ccccc2)=[N+](c2c(C(C)C)cccc2C(C)C)[Si-]1(Cl)(Cl)Cl. The minimum absolute atomic E-state index is 0.273. The molecule has 0 atom stereocenters. The molecule has 0 saturated carbocycles. The minimum atomic E-state index is -4.53. The first-order valence-corrected chi connectivity index (χ1v) is 18.8. The predicted octanol–water partition coefficient (Wildman–Crippen LogP) is 10.4. The van der Waals surface area contributed by atoms with E-state index in [1.807, 2.05) is 6.07 Å². The molecule has 1 heterocycles. The molecule has 0 spiro atoms. The Hall–Kier alpha value is -1.78. The van der Waals surface area contributed by atoms with Crippen molar-refractivity contribution in [2.45, 2.75) is 79.1 Å². The Morgan fingerprint density at radius 3 is 1.38 bits per heavy atom. The number of anilines is 1. The van der Waals surface area contributed by atoms with E-state index in [0.29, 0.717) is 0 Å². The van der Waals surface area contributed by atoms with Gasteiger partial charge in [0.2, 0.25) is 0 Å². The molecule has 0 amide bonds. The van der Waals surface area contributed by atoms with Crippen LogP contribution >= 0.6 is 33.2 Å². The van der Waals surface area contributed by atoms with E-state index in [0.717, 1.165) is 22.8 Å². The molecule has 3 aromatic rings. The molecule has 0 N–H and O–H groups in total. The van der Waals surface area contributed by atoms with Crippen molar-refractivity contribution in [2.75, 3.05) is 4.57 Å². The van der Waals surface area contributed by atoms with Crippen LogP contribution in [0, 0.1) is 0 Å². The van der Waals surface area contributed by atoms with Gasteiger partial charge in [-0.05, 0) is 0 Å². The molecule has 6 heteroatoms. The van der Waals surface area contributed by atoms with Gasteiger partial charge < -0.3 is 0 Å². The van der Waals surface area contributed by atoms with Gasteiger partial charge in [0.15, 0.2) is 0 Å². The number of nitrogens with zero attached hydrogens (tertiary/aromatic N) is 2. The summed E-state index contributed by atoms with van der Waals surface area (Å²) < 4.78 is 4.21. The first-order chi connectivity index (χ1) is 17.3. The van der Waals surface area contributed by atoms with Crippen molar-refractivity contribution < 1.29 is 4.24 Å². The van der Waals surface area contributed by atoms with Crippen molar-refractivity contribution in [3.63, 3.8) is 0 Å². The number of rotatable bonds is 7. The number of hydrogen-bond donors (Lipinski definition) is 0. The summed E-state index contributed by atoms with van der Waals surface area (Å²) in [5.74, 6) is 2.04. The summed E-state index contributed by atoms with van der Waals surface area (Å²) in [6, 6.07) is 23.4. The van der Waals surface area contributed by atoms with Crippen LogP contribution in [0.25, 0.3) is 0 Å². The van der Waals surface area contributed by atoms with Crippen molar-refractivity contribution in [2.24, 2.45) is 0 Å². The maximum absolute atomic E-state index is 7.63. The van der Waals surface area contributed by atoms with Crippen molar-refractivity contribution in [3.8, 4) is 0 Å². The van der Waals surface area contributed by atoms with Crippen LogP contribution in [-0.2, 0) is 0 Å². The second kappa shape index (κ2) is 10.1. The normalized spacial score (nSPS) is 17.9. The van der Waals surface area contributed by atoms with Crippen LogP contribution in [-0.4, -0.2) is 15.7 Å². The second-order valence-corrected chi connectivity index (χ2v) is 22.1. The van der Waals surface area contributed by atoms with Crippen LogP contribution in [0.15, 0.2) is 66.7 Å². The van der Waals surface area contributed by atoms with Crippen molar-refractivity contribution in [3.05, 3.63) is 94.5 Å². The molecule has 4 rings (SSSR count). The topological polar surface area (TPSA) is 6.25 Å². The monoisotopic (exact) mass is 572 g/mol. The number of para-hydroxylation sites is 2. The number of amidine groups is 1. The number of benzene rings is 3. The fraction of sp³-hybridized carbons (Fsp3) is 0.387. The summed E-state index contributed by atoms with van der Waals surface area (Å²) in [7, 11) is 0. The molecule has 1 aliphatic rings. The summed E-state index contributed by atoms with van der Waals surface area (Å²) >= 11 is 22.9. The molecule has 0 aliphatic carbocycles. The summed E-state index contributed by atoms with van der Waals surface area (Å²) in [5.41, 5.74) is 3.38. The van der Waals surface area contributed by atoms with Gasteiger partial charge in [0, 0.05) is 0 Å². The summed E-state index contributed by atoms with van der Waals surface area (Å²) in [4.78, 5) is 0. The third kappa shape index (κ3) is 4.78. The van der Waals surface area contributed by atoms with E-state index in [1.54, 1.807) is 0 Å². The van der Waals surface area contributed by atoms with Gasteiger partial charge >= 0.3 is 238 Å². The molecule has 2 nitrogen and oxygen atoms in total. The van der Waals surface area contributed by atoms with Gasteiger partial charge in [-0.1, -0.05) is 0 Å². The Morgan fingerprint density at radius 2 is 0.973 bits per heavy atom. The van der Waals surface area contributed by atoms with Gasteiger partial charge in [-0.2, -0.15) is 0 Å². The van der Waals surface area contributed by atoms with Gasteiger partial charge in [-0.25, -0.2) is 0 Å². The van der Waals surface area contributed by atoms with Crippen molar-refractivity contribution >= 4 is 56.1 Å². The van der Waals surface area contributed by atoms with Crippen molar-refractivity contribution in [1.82, 2.24) is 0 Å². The van der Waals surface area contributed by atoms with Gasteiger partial charge in [-0.3, -0.25) is 0 Å². The Morgan fingerprint density at radius 1 is 0.568 bits per heavy atom. The Bertz CT molecular complexity index is 1280. The van der Waals surface area contributed by atoms with Crippen LogP contribution < -0.4 is 4.57 Å². The quantitative estimate of drug-likeness (QED) is 0.201. The average Bonchev–Trinajstić information content (AvgIpc) is 2.82. The molecule has 3 aromatic carbocycles. The molecule has 198 valence electrons. The van der Waals surface area contributed by atoms with E-state index in [4.69, 9.17) is 33.2 Å². The van der Waals surface area contributed by atoms with E-state index in [-0.39, 0.29) is 23.7 Å². The van der Waals surface area contributed by atoms with Crippen LogP contribution in [0.2, 0.25) is 0 Å². The molecule has 37 heavy (non-hydrogen) atoms. The van der Waals surface area contributed by atoms with Crippen LogP contribution in [0.1, 0.15) is 107 Å². The third-order valence-corrected chi connectivity index (χ3v) is 12.6. The molecular weight excluding hydrogens is 535 g/mol. The number of hydrogen-bond acceptors (Lipinski definition) is 1. The van der Waals surface area contributed by atoms with Crippen LogP contribution in [0.3, 0.4) is 0 Å². The fourth-order valence-electron chi connectivity index (χ4n) is 5.44. The maximum atomic E-state index is 7.63. The molecule has 0 aromatic heterocycles. The summed E-state index contributed by atoms with van der Waals surface area (Å²) in [6.07, 6.45) is 0. The standard InChI is InChI=1S/C31H39Cl3N2Si/c1-20(2)25-16-12-17-26(21(3)4)29(25)35-31(24-14-10-9-11-15-24)36(37(35,32,33)34)30-27(22(5)6)18-13-19-28(30)23(7)8/h9-23H,1-8H3. The molecule has 0 fully saturated rings. The van der Waals surface area contributed by atoms with Gasteiger partial charge in [-0.15, -0.1) is 0 Å². The van der Waals surface area contributed by atoms with E-state index < -0.39 is 5.60 Å². The summed E-state index contributed by atoms with van der Waals surface area (Å²) in [6.45, 7) is 17.7. The Kier molecular flexibility index (Phi) is 7.69. The first-order valence-electron chi connectivity index (χ1n) is 13.3. The zero-order valence-electron chi connectivity index (χ0n) is 23.2.